The van der Waals surface area contributed by atoms with Crippen LogP contribution in [0.1, 0.15) is 56.0 Å². The van der Waals surface area contributed by atoms with Crippen LogP contribution in [-0.4, -0.2) is 29.8 Å². The number of hydrogen-bond acceptors (Lipinski definition) is 2. The standard InChI is InChI=1S/C18H27NO/c1-4-15-9-11-17(12-10-15)18(20)14(3)19(5-2)13-16-7-6-8-16/h9-12,14,16H,4-8,13H2,1-3H3. The number of aryl methyl sites for hydroxylation is 1. The largest absolute Gasteiger partial charge is 0.294 e. The Hall–Kier alpha value is -1.15. The van der Waals surface area contributed by atoms with E-state index in [0.29, 0.717) is 0 Å². The van der Waals surface area contributed by atoms with Gasteiger partial charge in [0.15, 0.2) is 5.78 Å². The van der Waals surface area contributed by atoms with Crippen LogP contribution in [0.15, 0.2) is 24.3 Å². The van der Waals surface area contributed by atoms with Crippen molar-refractivity contribution in [2.45, 2.75) is 52.5 Å². The van der Waals surface area contributed by atoms with E-state index in [1.165, 1.54) is 24.8 Å². The van der Waals surface area contributed by atoms with Crippen LogP contribution < -0.4 is 0 Å². The second-order valence-corrected chi connectivity index (χ2v) is 5.98. The molecule has 1 atom stereocenters. The fourth-order valence-electron chi connectivity index (χ4n) is 2.88. The van der Waals surface area contributed by atoms with Gasteiger partial charge in [-0.1, -0.05) is 44.5 Å². The summed E-state index contributed by atoms with van der Waals surface area (Å²) in [7, 11) is 0. The van der Waals surface area contributed by atoms with Gasteiger partial charge in [0.2, 0.25) is 0 Å². The van der Waals surface area contributed by atoms with Gasteiger partial charge < -0.3 is 0 Å². The second-order valence-electron chi connectivity index (χ2n) is 5.98. The van der Waals surface area contributed by atoms with Gasteiger partial charge in [0, 0.05) is 12.1 Å². The molecule has 1 saturated carbocycles. The molecule has 0 radical (unpaired) electrons. The van der Waals surface area contributed by atoms with Crippen LogP contribution in [0.2, 0.25) is 0 Å². The molecular formula is C18H27NO. The minimum absolute atomic E-state index is 0.00641. The molecule has 1 aliphatic rings. The van der Waals surface area contributed by atoms with Gasteiger partial charge in [-0.2, -0.15) is 0 Å². The third-order valence-electron chi connectivity index (χ3n) is 4.70. The van der Waals surface area contributed by atoms with Crippen LogP contribution in [0.3, 0.4) is 0 Å². The van der Waals surface area contributed by atoms with Gasteiger partial charge in [0.05, 0.1) is 6.04 Å². The van der Waals surface area contributed by atoms with Gasteiger partial charge in [0.25, 0.3) is 0 Å². The van der Waals surface area contributed by atoms with Crippen molar-refractivity contribution >= 4 is 5.78 Å². The zero-order valence-electron chi connectivity index (χ0n) is 13.1. The molecule has 0 amide bonds. The number of Topliss-reactive ketones (excluding diaryl/α,β-unsaturated/α-hetero) is 1. The number of benzene rings is 1. The number of likely N-dealkylation sites (N-methyl/N-ethyl adjacent to an activating group) is 1. The van der Waals surface area contributed by atoms with Gasteiger partial charge in [-0.15, -0.1) is 0 Å². The third kappa shape index (κ3) is 3.49. The van der Waals surface area contributed by atoms with E-state index in [0.717, 1.165) is 31.0 Å². The highest BCUT2D eigenvalue weighted by atomic mass is 16.1. The molecule has 0 N–H and O–H groups in total. The van der Waals surface area contributed by atoms with Gasteiger partial charge in [0.1, 0.15) is 0 Å². The van der Waals surface area contributed by atoms with Crippen LogP contribution in [-0.2, 0) is 6.42 Å². The lowest BCUT2D eigenvalue weighted by Gasteiger charge is -2.34. The van der Waals surface area contributed by atoms with Crippen LogP contribution in [0.5, 0.6) is 0 Å². The van der Waals surface area contributed by atoms with Crippen molar-refractivity contribution in [2.75, 3.05) is 13.1 Å². The highest BCUT2D eigenvalue weighted by Gasteiger charge is 2.26. The first-order valence-corrected chi connectivity index (χ1v) is 8.02. The molecule has 1 aromatic rings. The molecular weight excluding hydrogens is 246 g/mol. The van der Waals surface area contributed by atoms with Crippen molar-refractivity contribution in [3.05, 3.63) is 35.4 Å². The molecule has 1 fully saturated rings. The fourth-order valence-corrected chi connectivity index (χ4v) is 2.88. The molecule has 2 rings (SSSR count). The Balaban J connectivity index is 2.00. The normalized spacial score (nSPS) is 17.0. The van der Waals surface area contributed by atoms with Crippen LogP contribution >= 0.6 is 0 Å². The number of nitrogens with zero attached hydrogens (tertiary/aromatic N) is 1. The van der Waals surface area contributed by atoms with E-state index in [4.69, 9.17) is 0 Å². The fraction of sp³-hybridized carbons (Fsp3) is 0.611. The first-order valence-electron chi connectivity index (χ1n) is 8.02. The van der Waals surface area contributed by atoms with Crippen LogP contribution in [0.25, 0.3) is 0 Å². The molecule has 0 aromatic heterocycles. The van der Waals surface area contributed by atoms with Gasteiger partial charge in [-0.25, -0.2) is 0 Å². The maximum absolute atomic E-state index is 12.6. The number of carbonyl (C=O) groups is 1. The Kier molecular flexibility index (Phi) is 5.36. The van der Waals surface area contributed by atoms with Crippen molar-refractivity contribution in [1.29, 1.82) is 0 Å². The molecule has 2 heteroatoms. The Labute approximate surface area is 123 Å². The zero-order chi connectivity index (χ0) is 14.5. The monoisotopic (exact) mass is 273 g/mol. The van der Waals surface area contributed by atoms with E-state index in [1.807, 2.05) is 12.1 Å². The number of hydrogen-bond donors (Lipinski definition) is 0. The number of carbonyl (C=O) groups excluding carboxylic acids is 1. The van der Waals surface area contributed by atoms with E-state index < -0.39 is 0 Å². The Morgan fingerprint density at radius 3 is 2.35 bits per heavy atom. The molecule has 1 aromatic carbocycles. The van der Waals surface area contributed by atoms with E-state index in [2.05, 4.69) is 37.8 Å². The number of ketones is 1. The molecule has 1 unspecified atom stereocenters. The quantitative estimate of drug-likeness (QED) is 0.701. The first kappa shape index (κ1) is 15.2. The molecule has 0 heterocycles. The highest BCUT2D eigenvalue weighted by molar-refractivity contribution is 5.99. The molecule has 20 heavy (non-hydrogen) atoms. The lowest BCUT2D eigenvalue weighted by Crippen LogP contribution is -2.43. The van der Waals surface area contributed by atoms with E-state index in [1.54, 1.807) is 0 Å². The summed E-state index contributed by atoms with van der Waals surface area (Å²) in [5, 5.41) is 0. The topological polar surface area (TPSA) is 20.3 Å². The van der Waals surface area contributed by atoms with Gasteiger partial charge in [-0.05, 0) is 44.2 Å². The Bertz CT molecular complexity index is 433. The summed E-state index contributed by atoms with van der Waals surface area (Å²) in [5.41, 5.74) is 2.14. The molecule has 0 bridgehead atoms. The maximum atomic E-state index is 12.6. The Morgan fingerprint density at radius 2 is 1.90 bits per heavy atom. The summed E-state index contributed by atoms with van der Waals surface area (Å²) in [6, 6.07) is 8.10. The van der Waals surface area contributed by atoms with E-state index in [9.17, 15) is 4.79 Å². The smallest absolute Gasteiger partial charge is 0.179 e. The minimum atomic E-state index is -0.00641. The van der Waals surface area contributed by atoms with E-state index in [-0.39, 0.29) is 11.8 Å². The average Bonchev–Trinajstić information content (AvgIpc) is 2.45. The molecule has 2 nitrogen and oxygen atoms in total. The summed E-state index contributed by atoms with van der Waals surface area (Å²) in [6.07, 6.45) is 5.06. The summed E-state index contributed by atoms with van der Waals surface area (Å²) in [6.45, 7) is 8.38. The van der Waals surface area contributed by atoms with Crippen molar-refractivity contribution in [3.8, 4) is 0 Å². The summed E-state index contributed by atoms with van der Waals surface area (Å²) in [5.74, 6) is 1.07. The summed E-state index contributed by atoms with van der Waals surface area (Å²) >= 11 is 0. The minimum Gasteiger partial charge on any atom is -0.294 e. The molecule has 0 spiro atoms. The maximum Gasteiger partial charge on any atom is 0.179 e. The third-order valence-corrected chi connectivity index (χ3v) is 4.70. The molecule has 1 aliphatic carbocycles. The zero-order valence-corrected chi connectivity index (χ0v) is 13.1. The van der Waals surface area contributed by atoms with Crippen molar-refractivity contribution in [1.82, 2.24) is 4.90 Å². The first-order chi connectivity index (χ1) is 9.65. The predicted molar refractivity (Wildman–Crippen MR) is 84.2 cm³/mol. The average molecular weight is 273 g/mol. The van der Waals surface area contributed by atoms with Gasteiger partial charge in [-0.3, -0.25) is 9.69 Å². The van der Waals surface area contributed by atoms with Gasteiger partial charge >= 0.3 is 0 Å². The number of rotatable bonds is 7. The molecule has 0 saturated heterocycles. The molecule has 0 aliphatic heterocycles. The van der Waals surface area contributed by atoms with Crippen LogP contribution in [0, 0.1) is 5.92 Å². The second kappa shape index (κ2) is 7.03. The SMILES string of the molecule is CCc1ccc(C(=O)C(C)N(CC)CC2CCC2)cc1. The van der Waals surface area contributed by atoms with Crippen molar-refractivity contribution in [2.24, 2.45) is 5.92 Å². The van der Waals surface area contributed by atoms with Crippen molar-refractivity contribution in [3.63, 3.8) is 0 Å². The molecule has 110 valence electrons. The van der Waals surface area contributed by atoms with Crippen LogP contribution in [0.4, 0.5) is 0 Å². The lowest BCUT2D eigenvalue weighted by atomic mass is 9.84. The highest BCUT2D eigenvalue weighted by Crippen LogP contribution is 2.28. The predicted octanol–water partition coefficient (Wildman–Crippen LogP) is 3.94. The van der Waals surface area contributed by atoms with Crippen molar-refractivity contribution < 1.29 is 4.79 Å². The lowest BCUT2D eigenvalue weighted by molar-refractivity contribution is 0.0789. The summed E-state index contributed by atoms with van der Waals surface area (Å²) in [4.78, 5) is 14.9. The Morgan fingerprint density at radius 1 is 1.25 bits per heavy atom. The summed E-state index contributed by atoms with van der Waals surface area (Å²) < 4.78 is 0. The van der Waals surface area contributed by atoms with E-state index >= 15 is 0 Å².